The molecule has 5 rings (SSSR count). The van der Waals surface area contributed by atoms with Gasteiger partial charge in [0.15, 0.2) is 17.3 Å². The van der Waals surface area contributed by atoms with E-state index in [1.165, 1.54) is 6.08 Å². The average molecular weight is 574 g/mol. The molecule has 0 aliphatic carbocycles. The fraction of sp³-hybridized carbons (Fsp3) is 0.138. The minimum atomic E-state index is -4.37. The van der Waals surface area contributed by atoms with E-state index in [9.17, 15) is 14.4 Å². The summed E-state index contributed by atoms with van der Waals surface area (Å²) < 4.78 is 32.3. The molecule has 0 aliphatic rings. The summed E-state index contributed by atoms with van der Waals surface area (Å²) in [5.41, 5.74) is 3.73. The topological polar surface area (TPSA) is 134 Å². The van der Waals surface area contributed by atoms with Crippen LogP contribution in [0.1, 0.15) is 22.4 Å². The number of aromatic nitrogens is 5. The largest absolute Gasteiger partial charge is 0.493 e. The molecule has 0 spiro atoms. The molecule has 0 atom stereocenters. The molecule has 0 fully saturated rings. The van der Waals surface area contributed by atoms with Crippen molar-refractivity contribution in [3.63, 3.8) is 0 Å². The summed E-state index contributed by atoms with van der Waals surface area (Å²) in [5.74, 6) is 2.84. The number of hydrogen-bond donors (Lipinski definition) is 2. The van der Waals surface area contributed by atoms with Crippen LogP contribution in [0.5, 0.6) is 17.4 Å². The Morgan fingerprint density at radius 1 is 0.902 bits per heavy atom. The van der Waals surface area contributed by atoms with Crippen LogP contribution >= 0.6 is 7.60 Å². The van der Waals surface area contributed by atoms with Crippen LogP contribution in [0.15, 0.2) is 91.1 Å². The van der Waals surface area contributed by atoms with E-state index in [2.05, 4.69) is 15.2 Å². The number of para-hydroxylation sites is 1. The molecule has 0 bridgehead atoms. The third kappa shape index (κ3) is 7.09. The van der Waals surface area contributed by atoms with Crippen molar-refractivity contribution in [1.82, 2.24) is 24.5 Å². The van der Waals surface area contributed by atoms with E-state index in [1.54, 1.807) is 41.0 Å². The second-order valence-electron chi connectivity index (χ2n) is 9.01. The number of nitrogens with zero attached hydrogens (tertiary/aromatic N) is 5. The van der Waals surface area contributed by atoms with Crippen molar-refractivity contribution in [3.8, 4) is 28.9 Å². The minimum Gasteiger partial charge on any atom is -0.493 e. The molecule has 0 saturated carbocycles. The molecule has 210 valence electrons. The summed E-state index contributed by atoms with van der Waals surface area (Å²) in [7, 11) is -2.81. The summed E-state index contributed by atoms with van der Waals surface area (Å²) in [5, 5.41) is 9.00. The Morgan fingerprint density at radius 3 is 2.44 bits per heavy atom. The van der Waals surface area contributed by atoms with Crippen molar-refractivity contribution >= 4 is 13.7 Å². The van der Waals surface area contributed by atoms with Gasteiger partial charge in [-0.15, -0.1) is 5.10 Å². The Bertz CT molecular complexity index is 1700. The van der Waals surface area contributed by atoms with Crippen LogP contribution in [0.25, 0.3) is 17.6 Å². The molecule has 0 unspecified atom stereocenters. The zero-order valence-corrected chi connectivity index (χ0v) is 23.3. The van der Waals surface area contributed by atoms with Gasteiger partial charge in [-0.2, -0.15) is 5.10 Å². The first-order valence-electron chi connectivity index (χ1n) is 12.6. The first kappa shape index (κ1) is 27.9. The van der Waals surface area contributed by atoms with Crippen molar-refractivity contribution in [2.24, 2.45) is 0 Å². The molecule has 2 N–H and O–H groups in total. The fourth-order valence-electron chi connectivity index (χ4n) is 3.96. The number of ether oxygens (including phenoxy) is 3. The van der Waals surface area contributed by atoms with Gasteiger partial charge in [0.2, 0.25) is 5.88 Å². The summed E-state index contributed by atoms with van der Waals surface area (Å²) >= 11 is 0. The molecule has 0 amide bonds. The lowest BCUT2D eigenvalue weighted by Crippen LogP contribution is -2.01. The van der Waals surface area contributed by atoms with Gasteiger partial charge in [0.05, 0.1) is 24.1 Å². The van der Waals surface area contributed by atoms with Gasteiger partial charge in [0, 0.05) is 30.0 Å². The molecule has 0 saturated heterocycles. The molecule has 0 aliphatic heterocycles. The van der Waals surface area contributed by atoms with Crippen LogP contribution in [-0.2, 0) is 17.8 Å². The molecule has 0 radical (unpaired) electrons. The van der Waals surface area contributed by atoms with E-state index in [1.807, 2.05) is 67.7 Å². The minimum absolute atomic E-state index is 0.134. The lowest BCUT2D eigenvalue weighted by Gasteiger charge is -2.12. The highest BCUT2D eigenvalue weighted by Crippen LogP contribution is 2.38. The van der Waals surface area contributed by atoms with Gasteiger partial charge in [0.25, 0.3) is 0 Å². The Kier molecular flexibility index (Phi) is 8.30. The van der Waals surface area contributed by atoms with E-state index in [4.69, 9.17) is 14.2 Å². The lowest BCUT2D eigenvalue weighted by atomic mass is 10.2. The second kappa shape index (κ2) is 12.2. The van der Waals surface area contributed by atoms with Crippen LogP contribution in [0, 0.1) is 6.92 Å². The first-order valence-corrected chi connectivity index (χ1v) is 14.3. The maximum absolute atomic E-state index is 11.4. The smallest absolute Gasteiger partial charge is 0.349 e. The van der Waals surface area contributed by atoms with E-state index in [0.717, 1.165) is 34.1 Å². The normalized spacial score (nSPS) is 11.6. The highest BCUT2D eigenvalue weighted by atomic mass is 31.2. The van der Waals surface area contributed by atoms with Crippen molar-refractivity contribution in [3.05, 3.63) is 114 Å². The van der Waals surface area contributed by atoms with E-state index in [-0.39, 0.29) is 19.1 Å². The highest BCUT2D eigenvalue weighted by molar-refractivity contribution is 7.55. The molecular formula is C29H28N5O6P. The predicted octanol–water partition coefficient (Wildman–Crippen LogP) is 5.08. The standard InChI is InChI=1S/C29H28N5O6P/c1-21-24(18-34(31-21)28-10-6-7-14-30-28)20-39-26-12-11-22(16-27(26)38-2)19-40-29-23(13-15-41(35,36)37)17-33(32-29)25-8-4-3-5-9-25/h3-18H,19-20H2,1-2H3,(H2,35,36,37). The van der Waals surface area contributed by atoms with Crippen molar-refractivity contribution in [2.45, 2.75) is 20.1 Å². The van der Waals surface area contributed by atoms with E-state index < -0.39 is 7.60 Å². The second-order valence-corrected chi connectivity index (χ2v) is 10.5. The van der Waals surface area contributed by atoms with Gasteiger partial charge in [-0.1, -0.05) is 30.3 Å². The molecule has 41 heavy (non-hydrogen) atoms. The zero-order valence-electron chi connectivity index (χ0n) is 22.4. The number of pyridine rings is 1. The molecule has 3 aromatic heterocycles. The van der Waals surface area contributed by atoms with Crippen LogP contribution < -0.4 is 14.2 Å². The summed E-state index contributed by atoms with van der Waals surface area (Å²) in [6.45, 7) is 2.34. The van der Waals surface area contributed by atoms with Gasteiger partial charge in [-0.05, 0) is 55.0 Å². The van der Waals surface area contributed by atoms with E-state index in [0.29, 0.717) is 17.1 Å². The number of benzene rings is 2. The molecule has 11 nitrogen and oxygen atoms in total. The van der Waals surface area contributed by atoms with Crippen LogP contribution in [0.3, 0.4) is 0 Å². The van der Waals surface area contributed by atoms with Gasteiger partial charge in [0.1, 0.15) is 13.2 Å². The Hall–Kier alpha value is -4.70. The summed E-state index contributed by atoms with van der Waals surface area (Å²) in [6.07, 6.45) is 6.55. The third-order valence-corrected chi connectivity index (χ3v) is 6.58. The SMILES string of the molecule is COc1cc(COc2nn(-c3ccccc3)cc2C=CP(=O)(O)O)ccc1OCc1cn(-c2ccccn2)nc1C. The van der Waals surface area contributed by atoms with Gasteiger partial charge < -0.3 is 24.0 Å². The maximum Gasteiger partial charge on any atom is 0.349 e. The van der Waals surface area contributed by atoms with E-state index >= 15 is 0 Å². The van der Waals surface area contributed by atoms with Gasteiger partial charge in [-0.25, -0.2) is 14.3 Å². The number of methoxy groups -OCH3 is 1. The molecule has 5 aromatic rings. The first-order chi connectivity index (χ1) is 19.8. The van der Waals surface area contributed by atoms with Crippen LogP contribution in [0.2, 0.25) is 0 Å². The monoisotopic (exact) mass is 573 g/mol. The zero-order chi connectivity index (χ0) is 28.8. The van der Waals surface area contributed by atoms with Gasteiger partial charge in [-0.3, -0.25) is 4.57 Å². The molecule has 12 heteroatoms. The third-order valence-electron chi connectivity index (χ3n) is 6.05. The highest BCUT2D eigenvalue weighted by Gasteiger charge is 2.15. The van der Waals surface area contributed by atoms with Gasteiger partial charge >= 0.3 is 7.60 Å². The Labute approximate surface area is 236 Å². The molecule has 2 aromatic carbocycles. The molecule has 3 heterocycles. The lowest BCUT2D eigenvalue weighted by molar-refractivity contribution is 0.278. The van der Waals surface area contributed by atoms with Crippen molar-refractivity contribution in [1.29, 1.82) is 0 Å². The Morgan fingerprint density at radius 2 is 1.71 bits per heavy atom. The van der Waals surface area contributed by atoms with Crippen LogP contribution in [-0.4, -0.2) is 41.4 Å². The quantitative estimate of drug-likeness (QED) is 0.208. The number of hydrogen-bond acceptors (Lipinski definition) is 7. The summed E-state index contributed by atoms with van der Waals surface area (Å²) in [6, 6.07) is 20.4. The fourth-order valence-corrected chi connectivity index (χ4v) is 4.32. The van der Waals surface area contributed by atoms with Crippen molar-refractivity contribution < 1.29 is 28.6 Å². The molecular weight excluding hydrogens is 545 g/mol. The predicted molar refractivity (Wildman–Crippen MR) is 152 cm³/mol. The van der Waals surface area contributed by atoms with Crippen LogP contribution in [0.4, 0.5) is 0 Å². The Balaban J connectivity index is 1.30. The maximum atomic E-state index is 11.4. The summed E-state index contributed by atoms with van der Waals surface area (Å²) in [4.78, 5) is 22.9. The number of rotatable bonds is 11. The average Bonchev–Trinajstić information content (AvgIpc) is 3.57. The number of aryl methyl sites for hydroxylation is 1. The van der Waals surface area contributed by atoms with Crippen molar-refractivity contribution in [2.75, 3.05) is 7.11 Å².